The van der Waals surface area contributed by atoms with E-state index in [1.165, 1.54) is 5.56 Å². The zero-order valence-corrected chi connectivity index (χ0v) is 10.2. The zero-order valence-electron chi connectivity index (χ0n) is 10.2. The third kappa shape index (κ3) is 2.48. The van der Waals surface area contributed by atoms with Gasteiger partial charge in [-0.2, -0.15) is 0 Å². The predicted molar refractivity (Wildman–Crippen MR) is 69.0 cm³/mol. The van der Waals surface area contributed by atoms with E-state index in [4.69, 9.17) is 0 Å². The van der Waals surface area contributed by atoms with Gasteiger partial charge in [0.2, 0.25) is 5.91 Å². The lowest BCUT2D eigenvalue weighted by molar-refractivity contribution is -0.116. The highest BCUT2D eigenvalue weighted by Gasteiger charge is 2.21. The minimum Gasteiger partial charge on any atom is -0.312 e. The van der Waals surface area contributed by atoms with Gasteiger partial charge in [-0.15, -0.1) is 0 Å². The molecule has 0 radical (unpaired) electrons. The van der Waals surface area contributed by atoms with E-state index in [0.29, 0.717) is 6.54 Å². The van der Waals surface area contributed by atoms with Crippen molar-refractivity contribution in [1.82, 2.24) is 5.32 Å². The summed E-state index contributed by atoms with van der Waals surface area (Å²) in [5, 5.41) is 2.99. The number of fused-ring (bicyclic) bond motifs is 1. The van der Waals surface area contributed by atoms with Crippen LogP contribution in [0.15, 0.2) is 18.2 Å². The fourth-order valence-electron chi connectivity index (χ4n) is 2.04. The molecule has 2 rings (SSSR count). The van der Waals surface area contributed by atoms with Gasteiger partial charge >= 0.3 is 0 Å². The molecule has 88 valence electrons. The van der Waals surface area contributed by atoms with Crippen LogP contribution >= 0.6 is 0 Å². The molecule has 3 nitrogen and oxygen atoms in total. The maximum Gasteiger partial charge on any atom is 0.223 e. The summed E-state index contributed by atoms with van der Waals surface area (Å²) in [5.74, 6) is 6.25. The van der Waals surface area contributed by atoms with Crippen LogP contribution in [0.3, 0.4) is 0 Å². The lowest BCUT2D eigenvalue weighted by Gasteiger charge is -2.14. The van der Waals surface area contributed by atoms with Crippen molar-refractivity contribution in [3.63, 3.8) is 0 Å². The molecule has 1 aliphatic heterocycles. The Morgan fingerprint density at radius 1 is 1.53 bits per heavy atom. The minimum absolute atomic E-state index is 0.109. The summed E-state index contributed by atoms with van der Waals surface area (Å²) in [6, 6.07) is 6.05. The summed E-state index contributed by atoms with van der Waals surface area (Å²) < 4.78 is 0. The Morgan fingerprint density at radius 3 is 3.06 bits per heavy atom. The molecule has 1 aliphatic rings. The van der Waals surface area contributed by atoms with Crippen LogP contribution in [0.2, 0.25) is 0 Å². The molecule has 0 unspecified atom stereocenters. The maximum atomic E-state index is 11.4. The van der Waals surface area contributed by atoms with Gasteiger partial charge in [-0.1, -0.05) is 11.8 Å². The highest BCUT2D eigenvalue weighted by molar-refractivity contribution is 5.93. The van der Waals surface area contributed by atoms with E-state index in [1.807, 2.05) is 24.1 Å². The summed E-state index contributed by atoms with van der Waals surface area (Å²) >= 11 is 0. The van der Waals surface area contributed by atoms with Crippen molar-refractivity contribution in [2.45, 2.75) is 13.3 Å². The first-order valence-corrected chi connectivity index (χ1v) is 5.77. The van der Waals surface area contributed by atoms with Gasteiger partial charge in [0.05, 0.1) is 6.54 Å². The van der Waals surface area contributed by atoms with E-state index in [2.05, 4.69) is 23.2 Å². The average Bonchev–Trinajstić information content (AvgIpc) is 2.72. The van der Waals surface area contributed by atoms with E-state index in [1.54, 1.807) is 6.92 Å². The van der Waals surface area contributed by atoms with Gasteiger partial charge in [0.25, 0.3) is 0 Å². The standard InChI is InChI=1S/C14H16N2O/c1-11(17)16-9-7-13-10-12(4-3-8-15-2)5-6-14(13)16/h5-6,10,15H,7-9H2,1-2H3. The second-order valence-corrected chi connectivity index (χ2v) is 4.10. The van der Waals surface area contributed by atoms with Crippen molar-refractivity contribution in [1.29, 1.82) is 0 Å². The first-order chi connectivity index (χ1) is 8.22. The molecule has 1 heterocycles. The van der Waals surface area contributed by atoms with Crippen molar-refractivity contribution in [3.05, 3.63) is 29.3 Å². The van der Waals surface area contributed by atoms with Gasteiger partial charge < -0.3 is 10.2 Å². The number of rotatable bonds is 1. The van der Waals surface area contributed by atoms with Crippen molar-refractivity contribution >= 4 is 11.6 Å². The van der Waals surface area contributed by atoms with Crippen molar-refractivity contribution < 1.29 is 4.79 Å². The van der Waals surface area contributed by atoms with Crippen LogP contribution < -0.4 is 10.2 Å². The fraction of sp³-hybridized carbons (Fsp3) is 0.357. The largest absolute Gasteiger partial charge is 0.312 e. The number of hydrogen-bond donors (Lipinski definition) is 1. The maximum absolute atomic E-state index is 11.4. The number of carbonyl (C=O) groups is 1. The van der Waals surface area contributed by atoms with Gasteiger partial charge in [-0.05, 0) is 37.2 Å². The number of carbonyl (C=O) groups excluding carboxylic acids is 1. The lowest BCUT2D eigenvalue weighted by Crippen LogP contribution is -2.25. The molecule has 17 heavy (non-hydrogen) atoms. The van der Waals surface area contributed by atoms with Gasteiger partial charge in [-0.25, -0.2) is 0 Å². The van der Waals surface area contributed by atoms with Crippen molar-refractivity contribution in [2.24, 2.45) is 0 Å². The molecule has 1 aromatic carbocycles. The number of anilines is 1. The van der Waals surface area contributed by atoms with Crippen LogP contribution in [0.5, 0.6) is 0 Å². The molecule has 3 heteroatoms. The van der Waals surface area contributed by atoms with E-state index in [-0.39, 0.29) is 5.91 Å². The number of nitrogens with one attached hydrogen (secondary N) is 1. The van der Waals surface area contributed by atoms with Crippen molar-refractivity contribution in [3.8, 4) is 11.8 Å². The van der Waals surface area contributed by atoms with Crippen LogP contribution in [0, 0.1) is 11.8 Å². The Labute approximate surface area is 102 Å². The third-order valence-electron chi connectivity index (χ3n) is 2.85. The molecule has 0 fully saturated rings. The first-order valence-electron chi connectivity index (χ1n) is 5.77. The molecule has 0 aliphatic carbocycles. The normalized spacial score (nSPS) is 12.9. The minimum atomic E-state index is 0.109. The predicted octanol–water partition coefficient (Wildman–Crippen LogP) is 1.17. The molecule has 0 atom stereocenters. The molecule has 1 aromatic rings. The number of benzene rings is 1. The first kappa shape index (κ1) is 11.7. The molecule has 0 saturated carbocycles. The van der Waals surface area contributed by atoms with E-state index in [0.717, 1.165) is 24.2 Å². The van der Waals surface area contributed by atoms with Crippen LogP contribution in [0.4, 0.5) is 5.69 Å². The molecular weight excluding hydrogens is 212 g/mol. The highest BCUT2D eigenvalue weighted by atomic mass is 16.2. The molecule has 0 spiro atoms. The summed E-state index contributed by atoms with van der Waals surface area (Å²) in [7, 11) is 1.88. The SMILES string of the molecule is CNCC#Cc1ccc2c(c1)CCN2C(C)=O. The van der Waals surface area contributed by atoms with E-state index >= 15 is 0 Å². The monoisotopic (exact) mass is 228 g/mol. The Morgan fingerprint density at radius 2 is 2.35 bits per heavy atom. The Bertz CT molecular complexity index is 497. The Balaban J connectivity index is 2.23. The molecule has 0 saturated heterocycles. The van der Waals surface area contributed by atoms with Crippen LogP contribution in [-0.4, -0.2) is 26.0 Å². The number of amides is 1. The Hall–Kier alpha value is -1.79. The van der Waals surface area contributed by atoms with E-state index in [9.17, 15) is 4.79 Å². The average molecular weight is 228 g/mol. The van der Waals surface area contributed by atoms with Crippen LogP contribution in [0.1, 0.15) is 18.1 Å². The van der Waals surface area contributed by atoms with Gasteiger partial charge in [-0.3, -0.25) is 4.79 Å². The quantitative estimate of drug-likeness (QED) is 0.732. The van der Waals surface area contributed by atoms with Crippen LogP contribution in [-0.2, 0) is 11.2 Å². The molecule has 1 amide bonds. The number of hydrogen-bond acceptors (Lipinski definition) is 2. The molecule has 0 aromatic heterocycles. The molecule has 0 bridgehead atoms. The smallest absolute Gasteiger partial charge is 0.223 e. The second-order valence-electron chi connectivity index (χ2n) is 4.10. The topological polar surface area (TPSA) is 32.3 Å². The van der Waals surface area contributed by atoms with Crippen molar-refractivity contribution in [2.75, 3.05) is 25.0 Å². The van der Waals surface area contributed by atoms with E-state index < -0.39 is 0 Å². The summed E-state index contributed by atoms with van der Waals surface area (Å²) in [4.78, 5) is 13.2. The summed E-state index contributed by atoms with van der Waals surface area (Å²) in [6.07, 6.45) is 0.927. The van der Waals surface area contributed by atoms with Crippen LogP contribution in [0.25, 0.3) is 0 Å². The second kappa shape index (κ2) is 5.03. The van der Waals surface area contributed by atoms with Gasteiger partial charge in [0.1, 0.15) is 0 Å². The summed E-state index contributed by atoms with van der Waals surface area (Å²) in [6.45, 7) is 3.09. The highest BCUT2D eigenvalue weighted by Crippen LogP contribution is 2.28. The fourth-order valence-corrected chi connectivity index (χ4v) is 2.04. The molecule has 1 N–H and O–H groups in total. The Kier molecular flexibility index (Phi) is 3.46. The number of nitrogens with zero attached hydrogens (tertiary/aromatic N) is 1. The lowest BCUT2D eigenvalue weighted by atomic mass is 10.1. The van der Waals surface area contributed by atoms with Gasteiger partial charge in [0, 0.05) is 24.7 Å². The summed E-state index contributed by atoms with van der Waals surface area (Å²) in [5.41, 5.74) is 3.28. The van der Waals surface area contributed by atoms with Gasteiger partial charge in [0.15, 0.2) is 0 Å². The zero-order chi connectivity index (χ0) is 12.3. The molecular formula is C14H16N2O. The third-order valence-corrected chi connectivity index (χ3v) is 2.85.